The summed E-state index contributed by atoms with van der Waals surface area (Å²) in [7, 11) is 4.07. The van der Waals surface area contributed by atoms with Crippen molar-refractivity contribution in [1.29, 1.82) is 0 Å². The van der Waals surface area contributed by atoms with E-state index in [-0.39, 0.29) is 0 Å². The van der Waals surface area contributed by atoms with Gasteiger partial charge in [0.25, 0.3) is 0 Å². The lowest BCUT2D eigenvalue weighted by Gasteiger charge is -2.15. The molecule has 0 aliphatic rings. The Morgan fingerprint density at radius 1 is 0.848 bits per heavy atom. The molecule has 0 amide bonds. The minimum absolute atomic E-state index is 0.605. The summed E-state index contributed by atoms with van der Waals surface area (Å²) in [5, 5.41) is 15.0. The molecule has 0 atom stereocenters. The van der Waals surface area contributed by atoms with Crippen molar-refractivity contribution in [3.8, 4) is 0 Å². The highest BCUT2D eigenvalue weighted by atomic mass is 15.3. The lowest BCUT2D eigenvalue weighted by molar-refractivity contribution is 0.782. The summed E-state index contributed by atoms with van der Waals surface area (Å²) in [4.78, 5) is 6.78. The first-order valence-corrected chi connectivity index (χ1v) is 11.1. The molecule has 0 bridgehead atoms. The van der Waals surface area contributed by atoms with E-state index in [0.29, 0.717) is 5.95 Å². The van der Waals surface area contributed by atoms with Gasteiger partial charge in [-0.1, -0.05) is 42.5 Å². The molecule has 0 spiro atoms. The van der Waals surface area contributed by atoms with E-state index in [1.54, 1.807) is 0 Å². The normalized spacial score (nSPS) is 11.5. The van der Waals surface area contributed by atoms with Crippen molar-refractivity contribution in [2.24, 2.45) is 10.2 Å². The molecule has 0 aliphatic carbocycles. The highest BCUT2D eigenvalue weighted by molar-refractivity contribution is 5.99. The number of rotatable bonds is 6. The third-order valence-corrected chi connectivity index (χ3v) is 5.75. The van der Waals surface area contributed by atoms with Crippen LogP contribution in [0.5, 0.6) is 0 Å². The van der Waals surface area contributed by atoms with Crippen LogP contribution in [0.15, 0.2) is 95.2 Å². The van der Waals surface area contributed by atoms with Gasteiger partial charge in [-0.05, 0) is 54.8 Å². The van der Waals surface area contributed by atoms with Crippen LogP contribution >= 0.6 is 0 Å². The Morgan fingerprint density at radius 3 is 2.39 bits per heavy atom. The van der Waals surface area contributed by atoms with Gasteiger partial charge in [0.2, 0.25) is 5.95 Å². The largest absolute Gasteiger partial charge is 0.378 e. The summed E-state index contributed by atoms with van der Waals surface area (Å²) in [6.07, 6.45) is 0. The number of anilines is 3. The number of azo groups is 1. The van der Waals surface area contributed by atoms with Crippen LogP contribution in [0.1, 0.15) is 6.92 Å². The number of fused-ring (bicyclic) bond motifs is 2. The van der Waals surface area contributed by atoms with E-state index >= 15 is 0 Å². The molecule has 0 saturated carbocycles. The predicted molar refractivity (Wildman–Crippen MR) is 138 cm³/mol. The number of aryl methyl sites for hydroxylation is 1. The molecule has 5 rings (SSSR count). The number of nitrogens with zero attached hydrogens (tertiary/aromatic N) is 5. The average molecular weight is 435 g/mol. The SMILES string of the molecule is CCn1c(N=Nc2c(Nc3ccc(N(C)C)cc3)ccc3ccccc23)nc2ccccc21. The van der Waals surface area contributed by atoms with Crippen molar-refractivity contribution in [2.45, 2.75) is 13.5 Å². The summed E-state index contributed by atoms with van der Waals surface area (Å²) in [6.45, 7) is 2.86. The number of para-hydroxylation sites is 2. The van der Waals surface area contributed by atoms with Gasteiger partial charge in [-0.2, -0.15) is 0 Å². The molecule has 6 heteroatoms. The first kappa shape index (κ1) is 20.7. The van der Waals surface area contributed by atoms with Gasteiger partial charge >= 0.3 is 0 Å². The standard InChI is InChI=1S/C27H26N6/c1-4-33-25-12-8-7-11-23(25)29-27(33)31-30-26-22-10-6-5-9-19(22)13-18-24(26)28-20-14-16-21(17-15-20)32(2)3/h5-18,28H,4H2,1-3H3. The van der Waals surface area contributed by atoms with Gasteiger partial charge in [0.05, 0.1) is 16.7 Å². The smallest absolute Gasteiger partial charge is 0.250 e. The third-order valence-electron chi connectivity index (χ3n) is 5.75. The summed E-state index contributed by atoms with van der Waals surface area (Å²) in [5.74, 6) is 0.605. The Kier molecular flexibility index (Phi) is 5.48. The van der Waals surface area contributed by atoms with E-state index in [1.165, 1.54) is 0 Å². The molecular weight excluding hydrogens is 408 g/mol. The van der Waals surface area contributed by atoms with Gasteiger partial charge in [0, 0.05) is 37.4 Å². The number of nitrogens with one attached hydrogen (secondary N) is 1. The zero-order valence-corrected chi connectivity index (χ0v) is 19.0. The second-order valence-corrected chi connectivity index (χ2v) is 8.09. The first-order chi connectivity index (χ1) is 16.1. The van der Waals surface area contributed by atoms with E-state index < -0.39 is 0 Å². The molecule has 1 heterocycles. The first-order valence-electron chi connectivity index (χ1n) is 11.1. The van der Waals surface area contributed by atoms with Crippen LogP contribution in [-0.4, -0.2) is 23.6 Å². The Labute approximate surface area is 193 Å². The van der Waals surface area contributed by atoms with E-state index in [9.17, 15) is 0 Å². The van der Waals surface area contributed by atoms with E-state index in [4.69, 9.17) is 10.1 Å². The maximum Gasteiger partial charge on any atom is 0.250 e. The van der Waals surface area contributed by atoms with Crippen molar-refractivity contribution in [3.63, 3.8) is 0 Å². The Bertz CT molecular complexity index is 1450. The monoisotopic (exact) mass is 434 g/mol. The summed E-state index contributed by atoms with van der Waals surface area (Å²) in [5.41, 5.74) is 5.82. The topological polar surface area (TPSA) is 57.8 Å². The van der Waals surface area contributed by atoms with Gasteiger partial charge in [0.1, 0.15) is 5.69 Å². The fraction of sp³-hybridized carbons (Fsp3) is 0.148. The molecule has 0 fully saturated rings. The van der Waals surface area contributed by atoms with Crippen LogP contribution < -0.4 is 10.2 Å². The van der Waals surface area contributed by atoms with Crippen molar-refractivity contribution in [1.82, 2.24) is 9.55 Å². The van der Waals surface area contributed by atoms with Gasteiger partial charge in [-0.3, -0.25) is 0 Å². The van der Waals surface area contributed by atoms with Crippen LogP contribution in [0.2, 0.25) is 0 Å². The fourth-order valence-corrected chi connectivity index (χ4v) is 4.01. The highest BCUT2D eigenvalue weighted by Gasteiger charge is 2.11. The Morgan fingerprint density at radius 2 is 1.61 bits per heavy atom. The van der Waals surface area contributed by atoms with Gasteiger partial charge in [-0.25, -0.2) is 4.98 Å². The second-order valence-electron chi connectivity index (χ2n) is 8.09. The molecule has 4 aromatic carbocycles. The van der Waals surface area contributed by atoms with Crippen molar-refractivity contribution in [3.05, 3.63) is 84.9 Å². The lowest BCUT2D eigenvalue weighted by atomic mass is 10.1. The second kappa shape index (κ2) is 8.74. The molecule has 1 N–H and O–H groups in total. The number of hydrogen-bond acceptors (Lipinski definition) is 5. The van der Waals surface area contributed by atoms with Gasteiger partial charge < -0.3 is 14.8 Å². The number of benzene rings is 4. The van der Waals surface area contributed by atoms with Crippen LogP contribution in [0.25, 0.3) is 21.8 Å². The van der Waals surface area contributed by atoms with Crippen molar-refractivity contribution < 1.29 is 0 Å². The molecule has 0 unspecified atom stereocenters. The molecule has 6 nitrogen and oxygen atoms in total. The average Bonchev–Trinajstić information content (AvgIpc) is 3.21. The quantitative estimate of drug-likeness (QED) is 0.283. The maximum atomic E-state index is 4.72. The van der Waals surface area contributed by atoms with Crippen LogP contribution in [0.4, 0.5) is 28.7 Å². The molecule has 0 saturated heterocycles. The van der Waals surface area contributed by atoms with E-state index in [2.05, 4.69) is 81.4 Å². The zero-order valence-electron chi connectivity index (χ0n) is 19.0. The van der Waals surface area contributed by atoms with Crippen molar-refractivity contribution in [2.75, 3.05) is 24.3 Å². The molecule has 5 aromatic rings. The molecule has 164 valence electrons. The minimum Gasteiger partial charge on any atom is -0.378 e. The number of aromatic nitrogens is 2. The summed E-state index contributed by atoms with van der Waals surface area (Å²) < 4.78 is 2.08. The Balaban J connectivity index is 1.58. The minimum atomic E-state index is 0.605. The van der Waals surface area contributed by atoms with Crippen LogP contribution in [0, 0.1) is 0 Å². The highest BCUT2D eigenvalue weighted by Crippen LogP contribution is 2.37. The van der Waals surface area contributed by atoms with E-state index in [1.807, 2.05) is 44.4 Å². The van der Waals surface area contributed by atoms with Crippen LogP contribution in [-0.2, 0) is 6.54 Å². The molecule has 1 aromatic heterocycles. The molecule has 0 radical (unpaired) electrons. The molecule has 33 heavy (non-hydrogen) atoms. The van der Waals surface area contributed by atoms with E-state index in [0.717, 1.165) is 51.1 Å². The molecule has 0 aliphatic heterocycles. The fourth-order valence-electron chi connectivity index (χ4n) is 4.01. The third kappa shape index (κ3) is 4.03. The number of imidazole rings is 1. The summed E-state index contributed by atoms with van der Waals surface area (Å²) in [6, 6.07) is 28.8. The lowest BCUT2D eigenvalue weighted by Crippen LogP contribution is -2.08. The molecular formula is C27H26N6. The summed E-state index contributed by atoms with van der Waals surface area (Å²) >= 11 is 0. The number of hydrogen-bond donors (Lipinski definition) is 1. The Hall–Kier alpha value is -4.19. The maximum absolute atomic E-state index is 4.72. The predicted octanol–water partition coefficient (Wildman–Crippen LogP) is 7.43. The van der Waals surface area contributed by atoms with Gasteiger partial charge in [-0.15, -0.1) is 10.2 Å². The van der Waals surface area contributed by atoms with Crippen molar-refractivity contribution >= 4 is 50.5 Å². The van der Waals surface area contributed by atoms with Crippen LogP contribution in [0.3, 0.4) is 0 Å². The zero-order chi connectivity index (χ0) is 22.8. The van der Waals surface area contributed by atoms with Gasteiger partial charge in [0.15, 0.2) is 0 Å².